The first-order chi connectivity index (χ1) is 14.7. The third-order valence-electron chi connectivity index (χ3n) is 5.57. The second-order valence-corrected chi connectivity index (χ2v) is 9.28. The van der Waals surface area contributed by atoms with Crippen LogP contribution in [0.2, 0.25) is 5.02 Å². The highest BCUT2D eigenvalue weighted by atomic mass is 35.5. The van der Waals surface area contributed by atoms with E-state index in [-0.39, 0.29) is 5.56 Å². The van der Waals surface area contributed by atoms with Gasteiger partial charge in [0, 0.05) is 54.3 Å². The molecule has 0 fully saturated rings. The molecule has 0 saturated heterocycles. The third-order valence-corrected chi connectivity index (χ3v) is 6.85. The monoisotopic (exact) mass is 439 g/mol. The van der Waals surface area contributed by atoms with Gasteiger partial charge in [-0.3, -0.25) is 14.7 Å². The highest BCUT2D eigenvalue weighted by Gasteiger charge is 2.23. The Kier molecular flexibility index (Phi) is 5.50. The van der Waals surface area contributed by atoms with E-state index in [0.717, 1.165) is 77.9 Å². The zero-order chi connectivity index (χ0) is 20.5. The van der Waals surface area contributed by atoms with Crippen molar-refractivity contribution >= 4 is 28.6 Å². The van der Waals surface area contributed by atoms with Crippen molar-refractivity contribution in [2.75, 3.05) is 13.1 Å². The van der Waals surface area contributed by atoms with Crippen LogP contribution in [-0.4, -0.2) is 38.7 Å². The van der Waals surface area contributed by atoms with E-state index in [1.807, 2.05) is 30.5 Å². The predicted molar refractivity (Wildman–Crippen MR) is 120 cm³/mol. The van der Waals surface area contributed by atoms with Gasteiger partial charge in [0.15, 0.2) is 5.82 Å². The summed E-state index contributed by atoms with van der Waals surface area (Å²) in [5.41, 5.74) is 3.69. The highest BCUT2D eigenvalue weighted by molar-refractivity contribution is 7.15. The lowest BCUT2D eigenvalue weighted by Crippen LogP contribution is -2.36. The van der Waals surface area contributed by atoms with Crippen molar-refractivity contribution in [1.82, 2.24) is 19.9 Å². The minimum absolute atomic E-state index is 0.0286. The Morgan fingerprint density at radius 1 is 1.17 bits per heavy atom. The molecule has 0 bridgehead atoms. The van der Waals surface area contributed by atoms with Crippen LogP contribution in [-0.2, 0) is 19.5 Å². The molecule has 1 aromatic carbocycles. The number of H-pyrrole nitrogens is 1. The van der Waals surface area contributed by atoms with Crippen molar-refractivity contribution in [3.05, 3.63) is 67.8 Å². The van der Waals surface area contributed by atoms with Gasteiger partial charge in [0.25, 0.3) is 5.56 Å². The maximum absolute atomic E-state index is 12.7. The van der Waals surface area contributed by atoms with Crippen molar-refractivity contribution in [2.24, 2.45) is 4.99 Å². The van der Waals surface area contributed by atoms with E-state index in [9.17, 15) is 4.79 Å². The second kappa shape index (κ2) is 8.41. The van der Waals surface area contributed by atoms with Crippen molar-refractivity contribution in [2.45, 2.75) is 38.8 Å². The zero-order valence-electron chi connectivity index (χ0n) is 16.5. The first kappa shape index (κ1) is 19.6. The number of benzene rings is 1. The average Bonchev–Trinajstić information content (AvgIpc) is 3.23. The number of fused-ring (bicyclic) bond motifs is 1. The van der Waals surface area contributed by atoms with E-state index in [1.54, 1.807) is 11.3 Å². The van der Waals surface area contributed by atoms with Gasteiger partial charge in [-0.2, -0.15) is 0 Å². The lowest BCUT2D eigenvalue weighted by Gasteiger charge is -2.27. The molecule has 6 nitrogen and oxygen atoms in total. The maximum atomic E-state index is 12.7. The van der Waals surface area contributed by atoms with E-state index >= 15 is 0 Å². The van der Waals surface area contributed by atoms with Gasteiger partial charge in [-0.05, 0) is 31.4 Å². The molecule has 0 atom stereocenters. The van der Waals surface area contributed by atoms with Crippen LogP contribution in [0.4, 0.5) is 0 Å². The smallest absolute Gasteiger partial charge is 0.255 e. The largest absolute Gasteiger partial charge is 0.305 e. The van der Waals surface area contributed by atoms with E-state index in [4.69, 9.17) is 16.6 Å². The SMILES string of the molecule is O=c1[nH]c(C2=NCCCC2)nc2c1CN(Cc1cnc(-c3ccc(Cl)cc3)s1)CC2. The fourth-order valence-corrected chi connectivity index (χ4v) is 5.06. The standard InChI is InChI=1S/C22H22ClN5OS/c23-15-6-4-14(5-7-15)22-25-11-16(30-22)12-28-10-8-18-17(13-28)21(29)27-20(26-18)19-3-1-2-9-24-19/h4-7,11H,1-3,8-10,12-13H2,(H,26,27,29). The van der Waals surface area contributed by atoms with Crippen molar-refractivity contribution in [1.29, 1.82) is 0 Å². The lowest BCUT2D eigenvalue weighted by atomic mass is 10.1. The Morgan fingerprint density at radius 2 is 2.03 bits per heavy atom. The predicted octanol–water partition coefficient (Wildman–Crippen LogP) is 4.08. The quantitative estimate of drug-likeness (QED) is 0.664. The van der Waals surface area contributed by atoms with Gasteiger partial charge in [-0.15, -0.1) is 11.3 Å². The number of hydrogen-bond acceptors (Lipinski definition) is 6. The molecule has 0 saturated carbocycles. The topological polar surface area (TPSA) is 74.2 Å². The van der Waals surface area contributed by atoms with Crippen LogP contribution in [0.1, 0.15) is 41.2 Å². The molecule has 1 N–H and O–H groups in total. The molecule has 0 aliphatic carbocycles. The van der Waals surface area contributed by atoms with Crippen LogP contribution in [0.15, 0.2) is 40.2 Å². The molecular weight excluding hydrogens is 418 g/mol. The number of aromatic nitrogens is 3. The molecule has 2 aliphatic rings. The van der Waals surface area contributed by atoms with Crippen LogP contribution in [0.25, 0.3) is 10.6 Å². The van der Waals surface area contributed by atoms with Crippen LogP contribution in [0.5, 0.6) is 0 Å². The Morgan fingerprint density at radius 3 is 2.83 bits per heavy atom. The first-order valence-corrected chi connectivity index (χ1v) is 11.4. The molecule has 154 valence electrons. The van der Waals surface area contributed by atoms with Crippen LogP contribution in [0, 0.1) is 0 Å². The number of aromatic amines is 1. The molecule has 2 aliphatic heterocycles. The van der Waals surface area contributed by atoms with Gasteiger partial charge in [-0.1, -0.05) is 23.7 Å². The van der Waals surface area contributed by atoms with Crippen LogP contribution < -0.4 is 5.56 Å². The molecule has 4 heterocycles. The lowest BCUT2D eigenvalue weighted by molar-refractivity contribution is 0.243. The van der Waals surface area contributed by atoms with Crippen molar-refractivity contribution in [3.8, 4) is 10.6 Å². The number of nitrogens with zero attached hydrogens (tertiary/aromatic N) is 4. The summed E-state index contributed by atoms with van der Waals surface area (Å²) in [5, 5.41) is 1.71. The number of rotatable bonds is 4. The van der Waals surface area contributed by atoms with E-state index in [1.165, 1.54) is 4.88 Å². The highest BCUT2D eigenvalue weighted by Crippen LogP contribution is 2.28. The molecule has 3 aromatic rings. The van der Waals surface area contributed by atoms with Crippen LogP contribution in [0.3, 0.4) is 0 Å². The average molecular weight is 440 g/mol. The van der Waals surface area contributed by atoms with Crippen LogP contribution >= 0.6 is 22.9 Å². The summed E-state index contributed by atoms with van der Waals surface area (Å²) in [6.07, 6.45) is 5.83. The van der Waals surface area contributed by atoms with E-state index in [2.05, 4.69) is 19.9 Å². The Labute approximate surface area is 183 Å². The minimum atomic E-state index is -0.0286. The number of aliphatic imine (C=N–C) groups is 1. The minimum Gasteiger partial charge on any atom is -0.305 e. The molecule has 30 heavy (non-hydrogen) atoms. The Hall–Kier alpha value is -2.35. The summed E-state index contributed by atoms with van der Waals surface area (Å²) in [4.78, 5) is 33.1. The molecule has 0 unspecified atom stereocenters. The Balaban J connectivity index is 1.31. The van der Waals surface area contributed by atoms with Crippen molar-refractivity contribution < 1.29 is 0 Å². The fourth-order valence-electron chi connectivity index (χ4n) is 3.97. The number of hydrogen-bond donors (Lipinski definition) is 1. The molecule has 2 aromatic heterocycles. The summed E-state index contributed by atoms with van der Waals surface area (Å²) >= 11 is 7.66. The molecule has 5 rings (SSSR count). The second-order valence-electron chi connectivity index (χ2n) is 7.72. The normalized spacial score (nSPS) is 16.9. The summed E-state index contributed by atoms with van der Waals surface area (Å²) in [7, 11) is 0. The summed E-state index contributed by atoms with van der Waals surface area (Å²) < 4.78 is 0. The molecule has 0 amide bonds. The maximum Gasteiger partial charge on any atom is 0.255 e. The molecule has 8 heteroatoms. The van der Waals surface area contributed by atoms with Gasteiger partial charge in [0.2, 0.25) is 0 Å². The van der Waals surface area contributed by atoms with Crippen molar-refractivity contribution in [3.63, 3.8) is 0 Å². The number of thiazole rings is 1. The molecule has 0 spiro atoms. The molecule has 0 radical (unpaired) electrons. The van der Waals surface area contributed by atoms with Gasteiger partial charge in [0.05, 0.1) is 17.0 Å². The summed E-state index contributed by atoms with van der Waals surface area (Å²) in [5.74, 6) is 0.668. The number of nitrogens with one attached hydrogen (secondary N) is 1. The third kappa shape index (κ3) is 4.10. The Bertz CT molecular complexity index is 1150. The summed E-state index contributed by atoms with van der Waals surface area (Å²) in [6, 6.07) is 7.74. The number of halogens is 1. The zero-order valence-corrected chi connectivity index (χ0v) is 18.1. The van der Waals surface area contributed by atoms with E-state index < -0.39 is 0 Å². The van der Waals surface area contributed by atoms with Gasteiger partial charge < -0.3 is 4.98 Å². The first-order valence-electron chi connectivity index (χ1n) is 10.2. The van der Waals surface area contributed by atoms with Gasteiger partial charge in [0.1, 0.15) is 5.01 Å². The van der Waals surface area contributed by atoms with Gasteiger partial charge in [-0.25, -0.2) is 9.97 Å². The molecular formula is C22H22ClN5OS. The fraction of sp³-hybridized carbons (Fsp3) is 0.364. The van der Waals surface area contributed by atoms with E-state index in [0.29, 0.717) is 12.4 Å². The van der Waals surface area contributed by atoms with Gasteiger partial charge >= 0.3 is 0 Å². The summed E-state index contributed by atoms with van der Waals surface area (Å²) in [6.45, 7) is 3.09.